The van der Waals surface area contributed by atoms with Crippen molar-refractivity contribution < 1.29 is 170 Å². The van der Waals surface area contributed by atoms with E-state index in [2.05, 4.69) is 48.2 Å². The van der Waals surface area contributed by atoms with Crippen molar-refractivity contribution in [1.29, 1.82) is 0 Å². The molecule has 95 heavy (non-hydrogen) atoms. The van der Waals surface area contributed by atoms with Crippen LogP contribution >= 0.6 is 0 Å². The monoisotopic (exact) mass is 1410 g/mol. The summed E-state index contributed by atoms with van der Waals surface area (Å²) in [5.74, 6) is -33.7. The van der Waals surface area contributed by atoms with E-state index in [0.29, 0.717) is 33.1 Å². The minimum absolute atomic E-state index is 0.0351. The standard InChI is InChI=1S/C20H23F7O8.C20H25F3O6.C18H21F7O6/c1-10(2)15(29)32-7-14(28)35-13-6-11(16(30)33-8-18(3,21)22)4-5-12(13)17(31)34-9-19(23,24)20(25,26)27;1-4-27-15(25)17-5-13-6-18(8-17,16(26)28-11-20(21,22)23)10-19(7-13,9-17)29-14(24)12(2)3;1-9(2)13(26)31-12-5-4-10(14(27)29-7-16(3,19)20)6-11(12)15(28)30-8-17(21,22)18(23,24)25/h11-13H,1,4-9H2,2-3H3;13H,2,4-11H2,1,3H3;10-12H,1,4-8H2,2-3H3. The van der Waals surface area contributed by atoms with Gasteiger partial charge in [0.25, 0.3) is 11.8 Å². The zero-order valence-corrected chi connectivity index (χ0v) is 51.7. The van der Waals surface area contributed by atoms with E-state index >= 15 is 0 Å². The van der Waals surface area contributed by atoms with Crippen LogP contribution < -0.4 is 0 Å². The SMILES string of the molecule is C=C(C)C(=O)OC12CC3CC(C(=O)OCC)(C1)CC(C(=O)OCC(F)(F)F)(C3)C2.C=C(C)C(=O)OC1CCC(C(=O)OCC(C)(F)F)CC1C(=O)OCC(F)(F)C(F)(F)F.C=C(C)C(=O)OCC(=O)OC1CC(C(=O)OCC(C)(F)F)CCC1C(=O)OCC(F)(F)C(F)(F)F. The first kappa shape index (κ1) is 82.0. The highest BCUT2D eigenvalue weighted by Crippen LogP contribution is 2.68. The molecule has 0 spiro atoms. The number of carbonyl (C=O) groups excluding carboxylic acids is 10. The van der Waals surface area contributed by atoms with E-state index < -0.39 is 213 Å². The molecule has 4 bridgehead atoms. The maximum absolute atomic E-state index is 13.1. The maximum Gasteiger partial charge on any atom is 0.456 e. The van der Waals surface area contributed by atoms with Crippen LogP contribution in [0, 0.1) is 40.4 Å². The van der Waals surface area contributed by atoms with E-state index in [1.807, 2.05) is 0 Å². The zero-order valence-electron chi connectivity index (χ0n) is 51.7. The molecule has 0 saturated heterocycles. The third kappa shape index (κ3) is 24.1. The molecule has 6 rings (SSSR count). The Labute approximate surface area is 530 Å². The second-order valence-electron chi connectivity index (χ2n) is 24.2. The van der Waals surface area contributed by atoms with Gasteiger partial charge >= 0.3 is 90.1 Å². The predicted octanol–water partition coefficient (Wildman–Crippen LogP) is 10.7. The van der Waals surface area contributed by atoms with E-state index in [0.717, 1.165) is 0 Å². The lowest BCUT2D eigenvalue weighted by atomic mass is 9.42. The molecule has 0 aromatic heterocycles. The highest BCUT2D eigenvalue weighted by molar-refractivity contribution is 5.90. The number of alkyl halides is 17. The number of rotatable bonds is 24. The minimum atomic E-state index is -5.99. The Bertz CT molecular complexity index is 2860. The molecule has 540 valence electrons. The summed E-state index contributed by atoms with van der Waals surface area (Å²) in [7, 11) is 0. The van der Waals surface area contributed by atoms with E-state index in [4.69, 9.17) is 18.9 Å². The molecule has 0 aromatic rings. The summed E-state index contributed by atoms with van der Waals surface area (Å²) in [6, 6.07) is 0. The number of ether oxygens (including phenoxy) is 10. The average molecular weight is 1410 g/mol. The van der Waals surface area contributed by atoms with Crippen molar-refractivity contribution in [3.05, 3.63) is 36.5 Å². The fraction of sp³-hybridized carbons (Fsp3) is 0.724. The van der Waals surface area contributed by atoms with Crippen molar-refractivity contribution in [3.63, 3.8) is 0 Å². The second-order valence-corrected chi connectivity index (χ2v) is 24.2. The molecule has 0 aliphatic heterocycles. The molecular weight excluding hydrogens is 1340 g/mol. The molecule has 0 heterocycles. The van der Waals surface area contributed by atoms with Gasteiger partial charge in [-0.15, -0.1) is 0 Å². The molecular formula is C58H69F17O20. The predicted molar refractivity (Wildman–Crippen MR) is 282 cm³/mol. The Morgan fingerprint density at radius 2 is 0.874 bits per heavy atom. The molecule has 37 heteroatoms. The topological polar surface area (TPSA) is 263 Å². The van der Waals surface area contributed by atoms with Gasteiger partial charge in [-0.25, -0.2) is 36.7 Å². The summed E-state index contributed by atoms with van der Waals surface area (Å²) >= 11 is 0. The van der Waals surface area contributed by atoms with Gasteiger partial charge in [-0.3, -0.25) is 28.8 Å². The third-order valence-electron chi connectivity index (χ3n) is 15.2. The average Bonchev–Trinajstić information content (AvgIpc) is 0.694. The second kappa shape index (κ2) is 31.7. The summed E-state index contributed by atoms with van der Waals surface area (Å²) in [6.45, 7) is 7.12. The highest BCUT2D eigenvalue weighted by Gasteiger charge is 2.71. The van der Waals surface area contributed by atoms with Gasteiger partial charge in [-0.2, -0.15) is 57.1 Å². The van der Waals surface area contributed by atoms with Gasteiger partial charge in [0.1, 0.15) is 17.8 Å². The highest BCUT2D eigenvalue weighted by atomic mass is 19.4. The fourth-order valence-corrected chi connectivity index (χ4v) is 11.3. The van der Waals surface area contributed by atoms with Gasteiger partial charge in [-0.05, 0) is 97.8 Å². The smallest absolute Gasteiger partial charge is 0.456 e. The molecule has 10 unspecified atom stereocenters. The summed E-state index contributed by atoms with van der Waals surface area (Å²) < 4.78 is 263. The van der Waals surface area contributed by atoms with Gasteiger partial charge in [-0.1, -0.05) is 19.7 Å². The van der Waals surface area contributed by atoms with Crippen LogP contribution in [-0.4, -0.2) is 166 Å². The van der Waals surface area contributed by atoms with E-state index in [-0.39, 0.29) is 67.8 Å². The molecule has 6 aliphatic rings. The van der Waals surface area contributed by atoms with Gasteiger partial charge in [0.2, 0.25) is 0 Å². The quantitative estimate of drug-likeness (QED) is 0.0376. The number of hydrogen-bond acceptors (Lipinski definition) is 20. The van der Waals surface area contributed by atoms with Crippen molar-refractivity contribution in [3.8, 4) is 0 Å². The number of halogens is 17. The third-order valence-corrected chi connectivity index (χ3v) is 15.2. The maximum atomic E-state index is 13.1. The van der Waals surface area contributed by atoms with Crippen LogP contribution in [0.3, 0.4) is 0 Å². The molecule has 0 aromatic carbocycles. The van der Waals surface area contributed by atoms with Gasteiger partial charge in [0.15, 0.2) is 39.6 Å². The fourth-order valence-electron chi connectivity index (χ4n) is 11.3. The van der Waals surface area contributed by atoms with Crippen molar-refractivity contribution in [1.82, 2.24) is 0 Å². The van der Waals surface area contributed by atoms with Crippen molar-refractivity contribution in [2.45, 2.75) is 179 Å². The molecule has 0 N–H and O–H groups in total. The molecule has 0 radical (unpaired) electrons. The normalized spacial score (nSPS) is 25.8. The molecule has 20 nitrogen and oxygen atoms in total. The van der Waals surface area contributed by atoms with Crippen molar-refractivity contribution >= 4 is 59.7 Å². The van der Waals surface area contributed by atoms with Crippen LogP contribution in [0.25, 0.3) is 0 Å². The Morgan fingerprint density at radius 3 is 1.31 bits per heavy atom. The summed E-state index contributed by atoms with van der Waals surface area (Å²) in [5, 5.41) is 0. The lowest BCUT2D eigenvalue weighted by Crippen LogP contribution is -2.65. The largest absolute Gasteiger partial charge is 0.466 e. The van der Waals surface area contributed by atoms with E-state index in [1.54, 1.807) is 6.92 Å². The molecule has 10 atom stereocenters. The van der Waals surface area contributed by atoms with Crippen LogP contribution in [0.1, 0.15) is 119 Å². The lowest BCUT2D eigenvalue weighted by Gasteiger charge is -2.63. The van der Waals surface area contributed by atoms with E-state index in [1.165, 1.54) is 20.8 Å². The van der Waals surface area contributed by atoms with Gasteiger partial charge in [0.05, 0.1) is 41.1 Å². The molecule has 0 amide bonds. The van der Waals surface area contributed by atoms with Crippen LogP contribution in [0.15, 0.2) is 36.5 Å². The van der Waals surface area contributed by atoms with Crippen molar-refractivity contribution in [2.75, 3.05) is 46.2 Å². The first-order valence-electron chi connectivity index (χ1n) is 28.6. The number of carbonyl (C=O) groups is 10. The minimum Gasteiger partial charge on any atom is -0.466 e. The van der Waals surface area contributed by atoms with Gasteiger partial charge in [0, 0.05) is 43.4 Å². The number of esters is 10. The summed E-state index contributed by atoms with van der Waals surface area (Å²) in [5.41, 5.74) is -3.51. The molecule has 6 aliphatic carbocycles. The van der Waals surface area contributed by atoms with Gasteiger partial charge < -0.3 is 47.4 Å². The molecule has 6 saturated carbocycles. The van der Waals surface area contributed by atoms with Crippen LogP contribution in [-0.2, 0) is 95.3 Å². The van der Waals surface area contributed by atoms with E-state index in [9.17, 15) is 123 Å². The summed E-state index contributed by atoms with van der Waals surface area (Å²) in [6.07, 6.45) is -20.0. The first-order chi connectivity index (χ1) is 43.1. The number of hydrogen-bond donors (Lipinski definition) is 0. The Balaban J connectivity index is 0.000000373. The van der Waals surface area contributed by atoms with Crippen LogP contribution in [0.5, 0.6) is 0 Å². The Hall–Kier alpha value is -7.27. The lowest BCUT2D eigenvalue weighted by molar-refractivity contribution is -0.295. The van der Waals surface area contributed by atoms with Crippen LogP contribution in [0.4, 0.5) is 74.6 Å². The summed E-state index contributed by atoms with van der Waals surface area (Å²) in [4.78, 5) is 122. The van der Waals surface area contributed by atoms with Crippen LogP contribution in [0.2, 0.25) is 0 Å². The molecule has 6 fully saturated rings. The Kier molecular flexibility index (Phi) is 27.4. The Morgan fingerprint density at radius 1 is 0.442 bits per heavy atom. The first-order valence-corrected chi connectivity index (χ1v) is 28.6. The zero-order chi connectivity index (χ0) is 73.1. The van der Waals surface area contributed by atoms with Crippen molar-refractivity contribution in [2.24, 2.45) is 40.4 Å².